The van der Waals surface area contributed by atoms with Crippen LogP contribution in [0.5, 0.6) is 11.6 Å². The third-order valence-corrected chi connectivity index (χ3v) is 5.43. The molecule has 162 valence electrons. The lowest BCUT2D eigenvalue weighted by Gasteiger charge is -2.22. The smallest absolute Gasteiger partial charge is 0.260 e. The number of carbonyl (C=O) groups excluding carboxylic acids is 2. The number of nitrogens with one attached hydrogen (secondary N) is 1. The zero-order valence-corrected chi connectivity index (χ0v) is 17.9. The molecule has 0 spiro atoms. The SMILES string of the molecule is Cc1ccccc1C(=O)Nc1ccc(C(=O)N2Cc3cccnc3Oc3ccccc32)cn1. The van der Waals surface area contributed by atoms with Crippen molar-refractivity contribution in [2.75, 3.05) is 10.2 Å². The number of aryl methyl sites for hydroxylation is 1. The van der Waals surface area contributed by atoms with Crippen LogP contribution in [-0.4, -0.2) is 21.8 Å². The zero-order chi connectivity index (χ0) is 22.8. The molecule has 4 aromatic rings. The van der Waals surface area contributed by atoms with E-state index in [-0.39, 0.29) is 11.8 Å². The molecule has 1 aliphatic heterocycles. The van der Waals surface area contributed by atoms with Gasteiger partial charge in [-0.2, -0.15) is 0 Å². The topological polar surface area (TPSA) is 84.4 Å². The van der Waals surface area contributed by atoms with E-state index in [1.165, 1.54) is 6.20 Å². The first-order valence-corrected chi connectivity index (χ1v) is 10.5. The lowest BCUT2D eigenvalue weighted by molar-refractivity contribution is 0.0984. The summed E-state index contributed by atoms with van der Waals surface area (Å²) >= 11 is 0. The van der Waals surface area contributed by atoms with Crippen molar-refractivity contribution in [3.63, 3.8) is 0 Å². The van der Waals surface area contributed by atoms with E-state index in [9.17, 15) is 9.59 Å². The fourth-order valence-electron chi connectivity index (χ4n) is 3.71. The Morgan fingerprint density at radius 3 is 2.58 bits per heavy atom. The molecule has 7 heteroatoms. The Morgan fingerprint density at radius 2 is 1.76 bits per heavy atom. The zero-order valence-electron chi connectivity index (χ0n) is 17.9. The van der Waals surface area contributed by atoms with Crippen LogP contribution in [-0.2, 0) is 6.54 Å². The van der Waals surface area contributed by atoms with E-state index >= 15 is 0 Å². The van der Waals surface area contributed by atoms with Crippen LogP contribution in [0.3, 0.4) is 0 Å². The van der Waals surface area contributed by atoms with Gasteiger partial charge in [0.15, 0.2) is 5.75 Å². The van der Waals surface area contributed by atoms with Gasteiger partial charge in [0, 0.05) is 23.5 Å². The summed E-state index contributed by atoms with van der Waals surface area (Å²) < 4.78 is 5.97. The number of carbonyl (C=O) groups is 2. The van der Waals surface area contributed by atoms with E-state index < -0.39 is 0 Å². The predicted octanol–water partition coefficient (Wildman–Crippen LogP) is 4.99. The fourth-order valence-corrected chi connectivity index (χ4v) is 3.71. The van der Waals surface area contributed by atoms with Gasteiger partial charge in [0.2, 0.25) is 5.88 Å². The van der Waals surface area contributed by atoms with Gasteiger partial charge < -0.3 is 15.0 Å². The summed E-state index contributed by atoms with van der Waals surface area (Å²) in [5.41, 5.74) is 3.30. The van der Waals surface area contributed by atoms with Crippen LogP contribution in [0.1, 0.15) is 31.8 Å². The largest absolute Gasteiger partial charge is 0.436 e. The second kappa shape index (κ2) is 8.55. The van der Waals surface area contributed by atoms with Crippen LogP contribution < -0.4 is 15.0 Å². The van der Waals surface area contributed by atoms with E-state index in [0.717, 1.165) is 11.1 Å². The molecule has 0 unspecified atom stereocenters. The molecule has 0 atom stereocenters. The minimum Gasteiger partial charge on any atom is -0.436 e. The van der Waals surface area contributed by atoms with Crippen LogP contribution in [0.25, 0.3) is 0 Å². The third-order valence-electron chi connectivity index (χ3n) is 5.43. The first kappa shape index (κ1) is 20.4. The second-order valence-electron chi connectivity index (χ2n) is 7.63. The molecule has 0 fully saturated rings. The van der Waals surface area contributed by atoms with Crippen LogP contribution in [0, 0.1) is 6.92 Å². The highest BCUT2D eigenvalue weighted by Crippen LogP contribution is 2.38. The van der Waals surface area contributed by atoms with Gasteiger partial charge in [-0.05, 0) is 48.9 Å². The van der Waals surface area contributed by atoms with Crippen molar-refractivity contribution >= 4 is 23.3 Å². The van der Waals surface area contributed by atoms with E-state index in [0.29, 0.717) is 40.8 Å². The number of pyridine rings is 2. The number of para-hydroxylation sites is 2. The normalized spacial score (nSPS) is 12.1. The number of ether oxygens (including phenoxy) is 1. The summed E-state index contributed by atoms with van der Waals surface area (Å²) in [5, 5.41) is 2.78. The lowest BCUT2D eigenvalue weighted by atomic mass is 10.1. The van der Waals surface area contributed by atoms with E-state index in [4.69, 9.17) is 4.74 Å². The Morgan fingerprint density at radius 1 is 0.939 bits per heavy atom. The first-order valence-electron chi connectivity index (χ1n) is 10.5. The first-order chi connectivity index (χ1) is 16.1. The third kappa shape index (κ3) is 4.04. The Labute approximate surface area is 190 Å². The Kier molecular flexibility index (Phi) is 5.28. The summed E-state index contributed by atoms with van der Waals surface area (Å²) in [7, 11) is 0. The molecule has 0 saturated carbocycles. The molecule has 2 amide bonds. The van der Waals surface area contributed by atoms with Gasteiger partial charge >= 0.3 is 0 Å². The van der Waals surface area contributed by atoms with Crippen LogP contribution in [0.4, 0.5) is 11.5 Å². The predicted molar refractivity (Wildman–Crippen MR) is 125 cm³/mol. The summed E-state index contributed by atoms with van der Waals surface area (Å²) in [4.78, 5) is 36.2. The van der Waals surface area contributed by atoms with Gasteiger partial charge in [0.25, 0.3) is 11.8 Å². The Balaban J connectivity index is 1.40. The highest BCUT2D eigenvalue weighted by molar-refractivity contribution is 6.07. The molecule has 0 saturated heterocycles. The number of rotatable bonds is 3. The van der Waals surface area contributed by atoms with E-state index in [1.54, 1.807) is 29.3 Å². The van der Waals surface area contributed by atoms with Crippen molar-refractivity contribution in [3.8, 4) is 11.6 Å². The molecule has 0 bridgehead atoms. The highest BCUT2D eigenvalue weighted by atomic mass is 16.5. The van der Waals surface area contributed by atoms with Crippen LogP contribution in [0.15, 0.2) is 85.2 Å². The average Bonchev–Trinajstić information content (AvgIpc) is 3.01. The number of nitrogens with zero attached hydrogens (tertiary/aromatic N) is 3. The molecular weight excluding hydrogens is 416 g/mol. The van der Waals surface area contributed by atoms with Crippen molar-refractivity contribution < 1.29 is 14.3 Å². The van der Waals surface area contributed by atoms with Gasteiger partial charge in [-0.25, -0.2) is 9.97 Å². The monoisotopic (exact) mass is 436 g/mol. The maximum atomic E-state index is 13.4. The molecule has 1 N–H and O–H groups in total. The molecule has 2 aromatic carbocycles. The molecule has 2 aromatic heterocycles. The fraction of sp³-hybridized carbons (Fsp3) is 0.0769. The number of hydrogen-bond donors (Lipinski definition) is 1. The maximum Gasteiger partial charge on any atom is 0.260 e. The van der Waals surface area contributed by atoms with Crippen molar-refractivity contribution in [1.29, 1.82) is 0 Å². The summed E-state index contributed by atoms with van der Waals surface area (Å²) in [5.74, 6) is 0.925. The van der Waals surface area contributed by atoms with Gasteiger partial charge in [-0.15, -0.1) is 0 Å². The highest BCUT2D eigenvalue weighted by Gasteiger charge is 2.26. The van der Waals surface area contributed by atoms with Crippen LogP contribution in [0.2, 0.25) is 0 Å². The minimum atomic E-state index is -0.248. The Bertz CT molecular complexity index is 1350. The van der Waals surface area contributed by atoms with Gasteiger partial charge in [0.05, 0.1) is 17.8 Å². The van der Waals surface area contributed by atoms with Gasteiger partial charge in [0.1, 0.15) is 5.82 Å². The minimum absolute atomic E-state index is 0.230. The number of fused-ring (bicyclic) bond motifs is 2. The molecule has 0 aliphatic carbocycles. The average molecular weight is 436 g/mol. The Hall–Kier alpha value is -4.52. The summed E-state index contributed by atoms with van der Waals surface area (Å²) in [6.45, 7) is 2.19. The molecule has 5 rings (SSSR count). The molecule has 3 heterocycles. The van der Waals surface area contributed by atoms with Gasteiger partial charge in [-0.3, -0.25) is 9.59 Å². The molecule has 33 heavy (non-hydrogen) atoms. The van der Waals surface area contributed by atoms with Crippen molar-refractivity contribution in [2.45, 2.75) is 13.5 Å². The molecule has 1 aliphatic rings. The number of hydrogen-bond acceptors (Lipinski definition) is 5. The maximum absolute atomic E-state index is 13.4. The number of benzene rings is 2. The molecule has 7 nitrogen and oxygen atoms in total. The standard InChI is InChI=1S/C26H20N4O3/c1-17-7-2-3-9-20(17)24(31)29-23-13-12-18(15-28-23)26(32)30-16-19-8-6-14-27-25(19)33-22-11-5-4-10-21(22)30/h2-15H,16H2,1H3,(H,28,29,31). The lowest BCUT2D eigenvalue weighted by Crippen LogP contribution is -2.30. The van der Waals surface area contributed by atoms with Crippen molar-refractivity contribution in [3.05, 3.63) is 107 Å². The summed E-state index contributed by atoms with van der Waals surface area (Å²) in [6, 6.07) is 21.7. The second-order valence-corrected chi connectivity index (χ2v) is 7.63. The quantitative estimate of drug-likeness (QED) is 0.489. The van der Waals surface area contributed by atoms with Gasteiger partial charge in [-0.1, -0.05) is 36.4 Å². The molecule has 0 radical (unpaired) electrons. The number of amides is 2. The summed E-state index contributed by atoms with van der Waals surface area (Å²) in [6.07, 6.45) is 3.13. The van der Waals surface area contributed by atoms with Crippen molar-refractivity contribution in [1.82, 2.24) is 9.97 Å². The van der Waals surface area contributed by atoms with E-state index in [2.05, 4.69) is 15.3 Å². The van der Waals surface area contributed by atoms with Crippen LogP contribution >= 0.6 is 0 Å². The van der Waals surface area contributed by atoms with E-state index in [1.807, 2.05) is 61.5 Å². The number of anilines is 2. The van der Waals surface area contributed by atoms with Crippen molar-refractivity contribution in [2.24, 2.45) is 0 Å². The number of aromatic nitrogens is 2. The molecular formula is C26H20N4O3.